The Kier molecular flexibility index (Phi) is 2.33. The molecule has 2 atom stereocenters. The fraction of sp³-hybridized carbons (Fsp3) is 0.818. The van der Waals surface area contributed by atoms with Crippen molar-refractivity contribution in [3.63, 3.8) is 0 Å². The van der Waals surface area contributed by atoms with Crippen LogP contribution in [0.5, 0.6) is 0 Å². The smallest absolute Gasteiger partial charge is 0.312 e. The van der Waals surface area contributed by atoms with Crippen molar-refractivity contribution in [2.45, 2.75) is 38.5 Å². The maximum absolute atomic E-state index is 11.7. The molecule has 0 aliphatic heterocycles. The second kappa shape index (κ2) is 3.37. The highest BCUT2D eigenvalue weighted by Crippen LogP contribution is 2.51. The molecule has 0 N–H and O–H groups in total. The van der Waals surface area contributed by atoms with E-state index in [0.29, 0.717) is 12.8 Å². The van der Waals surface area contributed by atoms with Crippen LogP contribution in [0.25, 0.3) is 0 Å². The van der Waals surface area contributed by atoms with Crippen molar-refractivity contribution in [2.24, 2.45) is 11.3 Å². The third kappa shape index (κ3) is 1.26. The number of hydrogen-bond donors (Lipinski definition) is 0. The van der Waals surface area contributed by atoms with Crippen LogP contribution in [0.4, 0.5) is 0 Å². The predicted octanol–water partition coefficient (Wildman–Crippen LogP) is 1.70. The minimum atomic E-state index is -0.440. The molecule has 0 unspecified atom stereocenters. The minimum Gasteiger partial charge on any atom is -0.469 e. The zero-order chi connectivity index (χ0) is 10.2. The lowest BCUT2D eigenvalue weighted by Crippen LogP contribution is -2.38. The van der Waals surface area contributed by atoms with Gasteiger partial charge in [0.1, 0.15) is 5.78 Å². The van der Waals surface area contributed by atoms with E-state index < -0.39 is 5.41 Å². The van der Waals surface area contributed by atoms with Crippen LogP contribution in [0.1, 0.15) is 38.5 Å². The summed E-state index contributed by atoms with van der Waals surface area (Å²) in [6.07, 6.45) is 5.08. The van der Waals surface area contributed by atoms with E-state index in [2.05, 4.69) is 0 Å². The van der Waals surface area contributed by atoms with Crippen molar-refractivity contribution < 1.29 is 14.3 Å². The molecule has 0 amide bonds. The van der Waals surface area contributed by atoms with E-state index in [1.54, 1.807) is 0 Å². The molecular weight excluding hydrogens is 180 g/mol. The summed E-state index contributed by atoms with van der Waals surface area (Å²) in [4.78, 5) is 23.2. The molecule has 3 heteroatoms. The van der Waals surface area contributed by atoms with E-state index in [1.165, 1.54) is 7.11 Å². The quantitative estimate of drug-likeness (QED) is 0.599. The number of hydrogen-bond acceptors (Lipinski definition) is 3. The maximum Gasteiger partial charge on any atom is 0.312 e. The summed E-state index contributed by atoms with van der Waals surface area (Å²) >= 11 is 0. The summed E-state index contributed by atoms with van der Waals surface area (Å²) in [5, 5.41) is 0. The highest BCUT2D eigenvalue weighted by Gasteiger charge is 2.53. The third-order valence-electron chi connectivity index (χ3n) is 3.79. The Morgan fingerprint density at radius 2 is 2.29 bits per heavy atom. The van der Waals surface area contributed by atoms with Crippen molar-refractivity contribution in [1.29, 1.82) is 0 Å². The second-order valence-electron chi connectivity index (χ2n) is 4.51. The van der Waals surface area contributed by atoms with Crippen LogP contribution in [0.15, 0.2) is 0 Å². The molecule has 0 aromatic rings. The fourth-order valence-electron chi connectivity index (χ4n) is 3.08. The lowest BCUT2D eigenvalue weighted by Gasteiger charge is -2.35. The first-order valence-electron chi connectivity index (χ1n) is 5.29. The number of carbonyl (C=O) groups is 2. The van der Waals surface area contributed by atoms with Crippen molar-refractivity contribution in [3.05, 3.63) is 0 Å². The number of Topliss-reactive ketones (excluding diaryl/α,β-unsaturated/α-hetero) is 1. The molecule has 3 nitrogen and oxygen atoms in total. The fourth-order valence-corrected chi connectivity index (χ4v) is 3.08. The molecule has 2 aliphatic rings. The lowest BCUT2D eigenvalue weighted by molar-refractivity contribution is -0.157. The van der Waals surface area contributed by atoms with Gasteiger partial charge in [0.15, 0.2) is 0 Å². The van der Waals surface area contributed by atoms with Crippen LogP contribution >= 0.6 is 0 Å². The van der Waals surface area contributed by atoms with Crippen molar-refractivity contribution >= 4 is 11.8 Å². The van der Waals surface area contributed by atoms with Crippen molar-refractivity contribution in [3.8, 4) is 0 Å². The van der Waals surface area contributed by atoms with E-state index in [9.17, 15) is 9.59 Å². The monoisotopic (exact) mass is 196 g/mol. The van der Waals surface area contributed by atoms with Gasteiger partial charge in [-0.15, -0.1) is 0 Å². The van der Waals surface area contributed by atoms with E-state index in [-0.39, 0.29) is 17.7 Å². The highest BCUT2D eigenvalue weighted by molar-refractivity contribution is 5.91. The number of carbonyl (C=O) groups excluding carboxylic acids is 2. The Balaban J connectivity index is 2.27. The Morgan fingerprint density at radius 3 is 3.00 bits per heavy atom. The van der Waals surface area contributed by atoms with Crippen LogP contribution in [0, 0.1) is 11.3 Å². The molecule has 14 heavy (non-hydrogen) atoms. The lowest BCUT2D eigenvalue weighted by atomic mass is 9.68. The van der Waals surface area contributed by atoms with Crippen LogP contribution in [0.2, 0.25) is 0 Å². The molecule has 0 saturated heterocycles. The normalized spacial score (nSPS) is 36.6. The Labute approximate surface area is 83.8 Å². The Hall–Kier alpha value is -0.860. The van der Waals surface area contributed by atoms with E-state index in [0.717, 1.165) is 25.7 Å². The van der Waals surface area contributed by atoms with Gasteiger partial charge in [0.05, 0.1) is 12.5 Å². The molecule has 2 rings (SSSR count). The molecule has 2 fully saturated rings. The summed E-state index contributed by atoms with van der Waals surface area (Å²) < 4.78 is 4.85. The van der Waals surface area contributed by atoms with E-state index >= 15 is 0 Å². The molecule has 0 heterocycles. The molecule has 0 aromatic heterocycles. The maximum atomic E-state index is 11.7. The first kappa shape index (κ1) is 9.69. The summed E-state index contributed by atoms with van der Waals surface area (Å²) in [5.74, 6) is 0.339. The number of rotatable bonds is 1. The Morgan fingerprint density at radius 1 is 1.50 bits per heavy atom. The highest BCUT2D eigenvalue weighted by atomic mass is 16.5. The molecular formula is C11H16O3. The average Bonchev–Trinajstić information content (AvgIpc) is 2.53. The van der Waals surface area contributed by atoms with E-state index in [1.807, 2.05) is 0 Å². The SMILES string of the molecule is COC(=O)[C@]12CCCC[C@@H]1CC(=O)C2. The van der Waals surface area contributed by atoms with Crippen LogP contribution in [-0.2, 0) is 14.3 Å². The Bertz CT molecular complexity index is 272. The zero-order valence-electron chi connectivity index (χ0n) is 8.54. The molecule has 2 saturated carbocycles. The summed E-state index contributed by atoms with van der Waals surface area (Å²) in [6, 6.07) is 0. The van der Waals surface area contributed by atoms with Gasteiger partial charge in [0.25, 0.3) is 0 Å². The first-order chi connectivity index (χ1) is 6.69. The standard InChI is InChI=1S/C11H16O3/c1-14-10(13)11-5-3-2-4-8(11)6-9(12)7-11/h8H,2-7H2,1H3/t8-,11+/m1/s1. The van der Waals surface area contributed by atoms with E-state index in [4.69, 9.17) is 4.74 Å². The molecule has 2 aliphatic carbocycles. The predicted molar refractivity (Wildman–Crippen MR) is 50.6 cm³/mol. The molecule has 0 spiro atoms. The number of methoxy groups -OCH3 is 1. The molecule has 78 valence electrons. The zero-order valence-corrected chi connectivity index (χ0v) is 8.54. The molecule has 0 aromatic carbocycles. The number of ketones is 1. The van der Waals surface area contributed by atoms with Gasteiger partial charge < -0.3 is 4.74 Å². The third-order valence-corrected chi connectivity index (χ3v) is 3.79. The van der Waals surface area contributed by atoms with Gasteiger partial charge in [-0.25, -0.2) is 0 Å². The van der Waals surface area contributed by atoms with Crippen LogP contribution in [-0.4, -0.2) is 18.9 Å². The van der Waals surface area contributed by atoms with Gasteiger partial charge in [-0.3, -0.25) is 9.59 Å². The summed E-state index contributed by atoms with van der Waals surface area (Å²) in [5.41, 5.74) is -0.440. The first-order valence-corrected chi connectivity index (χ1v) is 5.29. The number of esters is 1. The molecule has 0 radical (unpaired) electrons. The number of fused-ring (bicyclic) bond motifs is 1. The average molecular weight is 196 g/mol. The van der Waals surface area contributed by atoms with Crippen molar-refractivity contribution in [2.75, 3.05) is 7.11 Å². The van der Waals surface area contributed by atoms with Crippen molar-refractivity contribution in [1.82, 2.24) is 0 Å². The topological polar surface area (TPSA) is 43.4 Å². The minimum absolute atomic E-state index is 0.159. The van der Waals surface area contributed by atoms with Gasteiger partial charge in [0.2, 0.25) is 0 Å². The van der Waals surface area contributed by atoms with Gasteiger partial charge in [-0.2, -0.15) is 0 Å². The molecule has 0 bridgehead atoms. The second-order valence-corrected chi connectivity index (χ2v) is 4.51. The van der Waals surface area contributed by atoms with Gasteiger partial charge in [0, 0.05) is 12.8 Å². The van der Waals surface area contributed by atoms with Gasteiger partial charge >= 0.3 is 5.97 Å². The van der Waals surface area contributed by atoms with Gasteiger partial charge in [-0.05, 0) is 18.8 Å². The summed E-state index contributed by atoms with van der Waals surface area (Å²) in [7, 11) is 1.42. The van der Waals surface area contributed by atoms with Crippen LogP contribution < -0.4 is 0 Å². The largest absolute Gasteiger partial charge is 0.469 e. The number of ether oxygens (including phenoxy) is 1. The summed E-state index contributed by atoms with van der Waals surface area (Å²) in [6.45, 7) is 0. The van der Waals surface area contributed by atoms with Gasteiger partial charge in [-0.1, -0.05) is 12.8 Å². The van der Waals surface area contributed by atoms with Crippen LogP contribution in [0.3, 0.4) is 0 Å².